The molecule has 0 atom stereocenters. The molecule has 0 fully saturated rings. The van der Waals surface area contributed by atoms with Crippen LogP contribution in [0.15, 0.2) is 46.7 Å². The number of benzene rings is 1. The topological polar surface area (TPSA) is 87.7 Å². The Morgan fingerprint density at radius 3 is 2.79 bits per heavy atom. The predicted octanol–water partition coefficient (Wildman–Crippen LogP) is 1.76. The number of rotatable bonds is 5. The van der Waals surface area contributed by atoms with Crippen molar-refractivity contribution in [3.8, 4) is 0 Å². The zero-order chi connectivity index (χ0) is 20.3. The molecule has 1 aliphatic rings. The zero-order valence-corrected chi connectivity index (χ0v) is 15.6. The molecule has 2 aromatic rings. The highest BCUT2D eigenvalue weighted by Crippen LogP contribution is 2.18. The van der Waals surface area contributed by atoms with Gasteiger partial charge in [0.05, 0.1) is 13.1 Å². The Balaban J connectivity index is 1.66. The molecule has 0 aliphatic carbocycles. The minimum Gasteiger partial charge on any atom is -0.400 e. The van der Waals surface area contributed by atoms with Crippen LogP contribution >= 0.6 is 0 Å². The number of hydrogen-bond acceptors (Lipinski definition) is 6. The first-order valence-electron chi connectivity index (χ1n) is 8.56. The molecule has 1 aromatic carbocycles. The second-order valence-corrected chi connectivity index (χ2v) is 6.57. The van der Waals surface area contributed by atoms with Gasteiger partial charge in [0.2, 0.25) is 5.95 Å². The second kappa shape index (κ2) is 8.12. The molecule has 28 heavy (non-hydrogen) atoms. The zero-order valence-electron chi connectivity index (χ0n) is 15.6. The van der Waals surface area contributed by atoms with E-state index >= 15 is 0 Å². The molecule has 0 saturated carbocycles. The fourth-order valence-electron chi connectivity index (χ4n) is 2.68. The Hall–Kier alpha value is -3.36. The normalized spacial score (nSPS) is 14.2. The average Bonchev–Trinajstić information content (AvgIpc) is 3.05. The third kappa shape index (κ3) is 4.30. The van der Waals surface area contributed by atoms with Crippen molar-refractivity contribution in [3.63, 3.8) is 0 Å². The fourth-order valence-corrected chi connectivity index (χ4v) is 2.68. The van der Waals surface area contributed by atoms with E-state index in [1.54, 1.807) is 26.4 Å². The summed E-state index contributed by atoms with van der Waals surface area (Å²) in [6.45, 7) is 1.05. The van der Waals surface area contributed by atoms with Crippen molar-refractivity contribution in [2.75, 3.05) is 32.1 Å². The van der Waals surface area contributed by atoms with E-state index in [2.05, 4.69) is 15.0 Å². The smallest absolute Gasteiger partial charge is 0.272 e. The summed E-state index contributed by atoms with van der Waals surface area (Å²) in [5.74, 6) is -1.60. The third-order valence-corrected chi connectivity index (χ3v) is 4.19. The van der Waals surface area contributed by atoms with Crippen LogP contribution in [0.2, 0.25) is 0 Å². The van der Waals surface area contributed by atoms with Gasteiger partial charge < -0.3 is 15.5 Å². The van der Waals surface area contributed by atoms with Crippen molar-refractivity contribution in [2.45, 2.75) is 6.54 Å². The first-order valence-corrected chi connectivity index (χ1v) is 8.56. The van der Waals surface area contributed by atoms with Gasteiger partial charge in [0, 0.05) is 44.3 Å². The summed E-state index contributed by atoms with van der Waals surface area (Å²) < 4.78 is 26.2. The van der Waals surface area contributed by atoms with Crippen molar-refractivity contribution in [1.29, 1.82) is 0 Å². The fraction of sp³-hybridized carbons (Fsp3) is 0.263. The Morgan fingerprint density at radius 1 is 1.29 bits per heavy atom. The highest BCUT2D eigenvalue weighted by atomic mass is 19.2. The summed E-state index contributed by atoms with van der Waals surface area (Å²) in [6.07, 6.45) is 3.15. The monoisotopic (exact) mass is 386 g/mol. The van der Waals surface area contributed by atoms with E-state index in [1.165, 1.54) is 17.2 Å². The summed E-state index contributed by atoms with van der Waals surface area (Å²) in [4.78, 5) is 28.1. The number of hydrogen-bond donors (Lipinski definition) is 1. The van der Waals surface area contributed by atoms with Gasteiger partial charge >= 0.3 is 0 Å². The van der Waals surface area contributed by atoms with Gasteiger partial charge in [-0.2, -0.15) is 0 Å². The second-order valence-electron chi connectivity index (χ2n) is 6.57. The third-order valence-electron chi connectivity index (χ3n) is 4.19. The van der Waals surface area contributed by atoms with E-state index in [0.29, 0.717) is 36.0 Å². The average molecular weight is 386 g/mol. The molecule has 2 N–H and O–H groups in total. The molecule has 146 valence electrons. The maximum absolute atomic E-state index is 13.2. The van der Waals surface area contributed by atoms with Crippen molar-refractivity contribution >= 4 is 18.1 Å². The number of halogens is 2. The maximum atomic E-state index is 13.2. The Bertz CT molecular complexity index is 957. The van der Waals surface area contributed by atoms with Gasteiger partial charge in [0.25, 0.3) is 5.91 Å². The SMILES string of the molecule is CN(C)C(=O)c1ccnc(N2CC(N)=C(C=NCc3ccc(F)c(F)c3)C2)n1. The molecule has 2 heterocycles. The number of aliphatic imine (C=N–C) groups is 1. The van der Waals surface area contributed by atoms with Crippen LogP contribution in [0.4, 0.5) is 14.7 Å². The number of aromatic nitrogens is 2. The van der Waals surface area contributed by atoms with Crippen molar-refractivity contribution in [1.82, 2.24) is 14.9 Å². The van der Waals surface area contributed by atoms with Crippen LogP contribution < -0.4 is 10.6 Å². The minimum atomic E-state index is -0.900. The summed E-state index contributed by atoms with van der Waals surface area (Å²) in [7, 11) is 3.31. The van der Waals surface area contributed by atoms with E-state index in [9.17, 15) is 13.6 Å². The van der Waals surface area contributed by atoms with Gasteiger partial charge in [-0.15, -0.1) is 0 Å². The first-order chi connectivity index (χ1) is 13.3. The van der Waals surface area contributed by atoms with Gasteiger partial charge in [-0.25, -0.2) is 18.7 Å². The maximum Gasteiger partial charge on any atom is 0.272 e. The highest BCUT2D eigenvalue weighted by molar-refractivity contribution is 5.92. The van der Waals surface area contributed by atoms with Crippen LogP contribution in [-0.4, -0.2) is 54.2 Å². The van der Waals surface area contributed by atoms with E-state index in [-0.39, 0.29) is 12.5 Å². The van der Waals surface area contributed by atoms with Crippen molar-refractivity contribution < 1.29 is 13.6 Å². The lowest BCUT2D eigenvalue weighted by Crippen LogP contribution is -2.27. The molecule has 0 radical (unpaired) electrons. The van der Waals surface area contributed by atoms with Crippen LogP contribution in [0, 0.1) is 11.6 Å². The summed E-state index contributed by atoms with van der Waals surface area (Å²) in [6, 6.07) is 5.23. The Labute approximate surface area is 161 Å². The lowest BCUT2D eigenvalue weighted by atomic mass is 10.2. The molecule has 0 bridgehead atoms. The van der Waals surface area contributed by atoms with E-state index < -0.39 is 11.6 Å². The van der Waals surface area contributed by atoms with Crippen LogP contribution in [0.25, 0.3) is 0 Å². The molecule has 7 nitrogen and oxygen atoms in total. The standard InChI is InChI=1S/C19H20F2N6O/c1-26(2)18(28)17-5-6-24-19(25-17)27-10-13(16(22)11-27)9-23-8-12-3-4-14(20)15(21)7-12/h3-7,9H,8,10-11,22H2,1-2H3. The van der Waals surface area contributed by atoms with Crippen molar-refractivity contribution in [2.24, 2.45) is 10.7 Å². The molecular formula is C19H20F2N6O. The molecule has 1 aromatic heterocycles. The van der Waals surface area contributed by atoms with Crippen LogP contribution in [0.1, 0.15) is 16.1 Å². The number of carbonyl (C=O) groups excluding carboxylic acids is 1. The van der Waals surface area contributed by atoms with Gasteiger partial charge in [-0.05, 0) is 23.8 Å². The molecule has 0 unspecified atom stereocenters. The molecule has 1 amide bonds. The molecule has 9 heteroatoms. The largest absolute Gasteiger partial charge is 0.400 e. The molecule has 3 rings (SSSR count). The Morgan fingerprint density at radius 2 is 2.07 bits per heavy atom. The minimum absolute atomic E-state index is 0.206. The lowest BCUT2D eigenvalue weighted by Gasteiger charge is -2.17. The van der Waals surface area contributed by atoms with E-state index in [0.717, 1.165) is 17.7 Å². The number of carbonyl (C=O) groups is 1. The van der Waals surface area contributed by atoms with Crippen LogP contribution in [-0.2, 0) is 6.54 Å². The van der Waals surface area contributed by atoms with Crippen LogP contribution in [0.5, 0.6) is 0 Å². The summed E-state index contributed by atoms with van der Waals surface area (Å²) in [5, 5.41) is 0. The van der Waals surface area contributed by atoms with Crippen molar-refractivity contribution in [3.05, 3.63) is 64.6 Å². The van der Waals surface area contributed by atoms with Gasteiger partial charge in [-0.1, -0.05) is 6.07 Å². The first kappa shape index (κ1) is 19.4. The predicted molar refractivity (Wildman–Crippen MR) is 102 cm³/mol. The Kier molecular flexibility index (Phi) is 5.62. The van der Waals surface area contributed by atoms with Crippen LogP contribution in [0.3, 0.4) is 0 Å². The lowest BCUT2D eigenvalue weighted by molar-refractivity contribution is 0.0822. The van der Waals surface area contributed by atoms with E-state index in [1.807, 2.05) is 4.90 Å². The number of anilines is 1. The van der Waals surface area contributed by atoms with Gasteiger partial charge in [0.15, 0.2) is 11.6 Å². The number of nitrogens with zero attached hydrogens (tertiary/aromatic N) is 5. The molecule has 0 saturated heterocycles. The summed E-state index contributed by atoms with van der Waals surface area (Å²) >= 11 is 0. The van der Waals surface area contributed by atoms with E-state index in [4.69, 9.17) is 5.73 Å². The highest BCUT2D eigenvalue weighted by Gasteiger charge is 2.22. The molecule has 0 spiro atoms. The number of nitrogens with two attached hydrogens (primary N) is 1. The summed E-state index contributed by atoms with van der Waals surface area (Å²) in [5.41, 5.74) is 8.34. The molecule has 1 aliphatic heterocycles. The number of amides is 1. The molecular weight excluding hydrogens is 366 g/mol. The van der Waals surface area contributed by atoms with Gasteiger partial charge in [-0.3, -0.25) is 9.79 Å². The quantitative estimate of drug-likeness (QED) is 0.792. The van der Waals surface area contributed by atoms with Gasteiger partial charge in [0.1, 0.15) is 5.69 Å².